The molecule has 68 valence electrons. The van der Waals surface area contributed by atoms with Gasteiger partial charge in [0.25, 0.3) is 0 Å². The highest BCUT2D eigenvalue weighted by atomic mass is 35.5. The SMILES string of the molecule is O=C/C=C/c1c(Cl)ccc(Cl)c1F. The lowest BCUT2D eigenvalue weighted by Crippen LogP contribution is -1.85. The van der Waals surface area contributed by atoms with Crippen molar-refractivity contribution in [3.63, 3.8) is 0 Å². The van der Waals surface area contributed by atoms with Crippen LogP contribution in [0.1, 0.15) is 5.56 Å². The molecule has 0 saturated heterocycles. The van der Waals surface area contributed by atoms with E-state index in [0.717, 1.165) is 6.08 Å². The summed E-state index contributed by atoms with van der Waals surface area (Å²) in [5, 5.41) is 0.204. The molecule has 0 N–H and O–H groups in total. The fourth-order valence-electron chi connectivity index (χ4n) is 0.831. The van der Waals surface area contributed by atoms with Crippen LogP contribution in [0.4, 0.5) is 4.39 Å². The highest BCUT2D eigenvalue weighted by Gasteiger charge is 2.07. The molecule has 0 unspecified atom stereocenters. The van der Waals surface area contributed by atoms with Crippen molar-refractivity contribution in [2.45, 2.75) is 0 Å². The fourth-order valence-corrected chi connectivity index (χ4v) is 1.20. The van der Waals surface area contributed by atoms with Crippen LogP contribution >= 0.6 is 23.2 Å². The van der Waals surface area contributed by atoms with Gasteiger partial charge in [-0.1, -0.05) is 23.2 Å². The molecule has 1 nitrogen and oxygen atoms in total. The number of carbonyl (C=O) groups is 1. The van der Waals surface area contributed by atoms with Gasteiger partial charge in [-0.3, -0.25) is 4.79 Å². The molecule has 1 aromatic rings. The zero-order chi connectivity index (χ0) is 9.84. The standard InChI is InChI=1S/C9H5Cl2FO/c10-7-3-4-8(11)9(12)6(7)2-1-5-13/h1-5H/b2-1+. The summed E-state index contributed by atoms with van der Waals surface area (Å²) in [6.45, 7) is 0. The monoisotopic (exact) mass is 218 g/mol. The molecule has 1 aromatic carbocycles. The Hall–Kier alpha value is -0.860. The summed E-state index contributed by atoms with van der Waals surface area (Å²) in [6, 6.07) is 2.83. The summed E-state index contributed by atoms with van der Waals surface area (Å²) in [5.74, 6) is -0.618. The van der Waals surface area contributed by atoms with Gasteiger partial charge in [0, 0.05) is 5.56 Å². The third kappa shape index (κ3) is 2.29. The molecule has 0 bridgehead atoms. The number of benzene rings is 1. The molecular formula is C9H5Cl2FO. The van der Waals surface area contributed by atoms with Crippen LogP contribution < -0.4 is 0 Å². The maximum absolute atomic E-state index is 13.2. The fraction of sp³-hybridized carbons (Fsp3) is 0. The number of rotatable bonds is 2. The summed E-state index contributed by atoms with van der Waals surface area (Å²) in [4.78, 5) is 10.0. The van der Waals surface area contributed by atoms with E-state index in [0.29, 0.717) is 6.29 Å². The Labute approximate surface area is 84.8 Å². The van der Waals surface area contributed by atoms with Gasteiger partial charge in [-0.15, -0.1) is 0 Å². The third-order valence-corrected chi connectivity index (χ3v) is 2.04. The van der Waals surface area contributed by atoms with E-state index >= 15 is 0 Å². The van der Waals surface area contributed by atoms with Gasteiger partial charge in [0.1, 0.15) is 12.1 Å². The Kier molecular flexibility index (Phi) is 3.46. The van der Waals surface area contributed by atoms with E-state index in [2.05, 4.69) is 0 Å². The highest BCUT2D eigenvalue weighted by molar-refractivity contribution is 6.34. The molecule has 0 radical (unpaired) electrons. The maximum Gasteiger partial charge on any atom is 0.150 e. The topological polar surface area (TPSA) is 17.1 Å². The van der Waals surface area contributed by atoms with Gasteiger partial charge in [0.2, 0.25) is 0 Å². The van der Waals surface area contributed by atoms with Crippen LogP contribution in [-0.4, -0.2) is 6.29 Å². The van der Waals surface area contributed by atoms with Crippen LogP contribution in [0.2, 0.25) is 10.0 Å². The molecule has 0 aromatic heterocycles. The van der Waals surface area contributed by atoms with Crippen LogP contribution in [0.3, 0.4) is 0 Å². The summed E-state index contributed by atoms with van der Waals surface area (Å²) >= 11 is 11.2. The lowest BCUT2D eigenvalue weighted by Gasteiger charge is -2.00. The summed E-state index contributed by atoms with van der Waals surface area (Å²) in [7, 11) is 0. The summed E-state index contributed by atoms with van der Waals surface area (Å²) in [6.07, 6.45) is 2.97. The first-order chi connectivity index (χ1) is 6.16. The van der Waals surface area contributed by atoms with Gasteiger partial charge in [-0.25, -0.2) is 4.39 Å². The van der Waals surface area contributed by atoms with Crippen LogP contribution in [0.25, 0.3) is 6.08 Å². The number of hydrogen-bond acceptors (Lipinski definition) is 1. The lowest BCUT2D eigenvalue weighted by atomic mass is 10.2. The van der Waals surface area contributed by atoms with Crippen LogP contribution in [0.5, 0.6) is 0 Å². The van der Waals surface area contributed by atoms with Gasteiger partial charge in [-0.2, -0.15) is 0 Å². The maximum atomic E-state index is 13.2. The van der Waals surface area contributed by atoms with Gasteiger partial charge < -0.3 is 0 Å². The van der Waals surface area contributed by atoms with E-state index in [1.165, 1.54) is 18.2 Å². The van der Waals surface area contributed by atoms with E-state index in [-0.39, 0.29) is 15.6 Å². The normalized spacial score (nSPS) is 10.7. The van der Waals surface area contributed by atoms with Crippen molar-refractivity contribution >= 4 is 35.6 Å². The Morgan fingerprint density at radius 2 is 1.85 bits per heavy atom. The molecular weight excluding hydrogens is 214 g/mol. The van der Waals surface area contributed by atoms with Crippen LogP contribution in [0.15, 0.2) is 18.2 Å². The van der Waals surface area contributed by atoms with Gasteiger partial charge in [0.05, 0.1) is 10.0 Å². The minimum atomic E-state index is -0.618. The van der Waals surface area contributed by atoms with Crippen molar-refractivity contribution in [1.82, 2.24) is 0 Å². The smallest absolute Gasteiger partial charge is 0.150 e. The molecule has 0 saturated carbocycles. The lowest BCUT2D eigenvalue weighted by molar-refractivity contribution is -0.104. The second-order valence-electron chi connectivity index (χ2n) is 2.25. The van der Waals surface area contributed by atoms with Crippen molar-refractivity contribution in [3.05, 3.63) is 39.6 Å². The number of carbonyl (C=O) groups excluding carboxylic acids is 1. The average Bonchev–Trinajstić information content (AvgIpc) is 2.12. The molecule has 13 heavy (non-hydrogen) atoms. The van der Waals surface area contributed by atoms with E-state index < -0.39 is 5.82 Å². The number of allylic oxidation sites excluding steroid dienone is 1. The Bertz CT molecular complexity index is 361. The molecule has 0 spiro atoms. The van der Waals surface area contributed by atoms with E-state index in [1.807, 2.05) is 0 Å². The van der Waals surface area contributed by atoms with Crippen LogP contribution in [0, 0.1) is 5.82 Å². The first kappa shape index (κ1) is 10.2. The zero-order valence-electron chi connectivity index (χ0n) is 6.43. The number of aldehydes is 1. The second kappa shape index (κ2) is 4.40. The molecule has 4 heteroatoms. The Morgan fingerprint density at radius 3 is 2.46 bits per heavy atom. The quantitative estimate of drug-likeness (QED) is 0.423. The first-order valence-electron chi connectivity index (χ1n) is 3.42. The average molecular weight is 219 g/mol. The van der Waals surface area contributed by atoms with Crippen molar-refractivity contribution in [3.8, 4) is 0 Å². The van der Waals surface area contributed by atoms with Crippen molar-refractivity contribution in [1.29, 1.82) is 0 Å². The molecule has 0 aliphatic heterocycles. The molecule has 0 fully saturated rings. The molecule has 0 atom stereocenters. The van der Waals surface area contributed by atoms with Crippen molar-refractivity contribution in [2.24, 2.45) is 0 Å². The van der Waals surface area contributed by atoms with E-state index in [4.69, 9.17) is 23.2 Å². The molecule has 0 amide bonds. The highest BCUT2D eigenvalue weighted by Crippen LogP contribution is 2.26. The number of halogens is 3. The first-order valence-corrected chi connectivity index (χ1v) is 4.17. The van der Waals surface area contributed by atoms with E-state index in [9.17, 15) is 9.18 Å². The van der Waals surface area contributed by atoms with Gasteiger partial charge in [0.15, 0.2) is 0 Å². The predicted molar refractivity (Wildman–Crippen MR) is 51.5 cm³/mol. The summed E-state index contributed by atoms with van der Waals surface area (Å²) in [5.41, 5.74) is 0.126. The van der Waals surface area contributed by atoms with Crippen LogP contribution in [-0.2, 0) is 4.79 Å². The minimum absolute atomic E-state index is 0.0186. The van der Waals surface area contributed by atoms with Crippen molar-refractivity contribution in [2.75, 3.05) is 0 Å². The number of hydrogen-bond donors (Lipinski definition) is 0. The third-order valence-electron chi connectivity index (χ3n) is 1.42. The summed E-state index contributed by atoms with van der Waals surface area (Å²) < 4.78 is 13.2. The Morgan fingerprint density at radius 1 is 1.23 bits per heavy atom. The predicted octanol–water partition coefficient (Wildman–Crippen LogP) is 3.34. The van der Waals surface area contributed by atoms with Gasteiger partial charge in [-0.05, 0) is 24.3 Å². The molecule has 0 aliphatic carbocycles. The molecule has 0 heterocycles. The van der Waals surface area contributed by atoms with E-state index in [1.54, 1.807) is 0 Å². The Balaban J connectivity index is 3.25. The van der Waals surface area contributed by atoms with Crippen molar-refractivity contribution < 1.29 is 9.18 Å². The minimum Gasteiger partial charge on any atom is -0.299 e. The molecule has 1 rings (SSSR count). The molecule has 0 aliphatic rings. The largest absolute Gasteiger partial charge is 0.299 e. The zero-order valence-corrected chi connectivity index (χ0v) is 7.94. The second-order valence-corrected chi connectivity index (χ2v) is 3.07. The van der Waals surface area contributed by atoms with Gasteiger partial charge >= 0.3 is 0 Å².